The minimum Gasteiger partial charge on any atom is -0.487 e. The molecule has 1 rings (SSSR count). The van der Waals surface area contributed by atoms with Crippen molar-refractivity contribution in [3.05, 3.63) is 17.7 Å². The molecule has 0 amide bonds. The van der Waals surface area contributed by atoms with E-state index in [2.05, 4.69) is 0 Å². The number of methoxy groups -OCH3 is 3. The topological polar surface area (TPSA) is 72.5 Å². The molecule has 0 bridgehead atoms. The molecular formula is C16H23ClO7. The highest BCUT2D eigenvalue weighted by Crippen LogP contribution is 2.39. The third kappa shape index (κ3) is 6.92. The van der Waals surface area contributed by atoms with Crippen molar-refractivity contribution < 1.29 is 33.2 Å². The van der Waals surface area contributed by atoms with Crippen LogP contribution in [0.3, 0.4) is 0 Å². The molecule has 0 atom stereocenters. The zero-order chi connectivity index (χ0) is 17.8. The Kier molecular flexibility index (Phi) is 10.2. The van der Waals surface area contributed by atoms with Crippen LogP contribution in [-0.4, -0.2) is 66.2 Å². The minimum atomic E-state index is -0.619. The smallest absolute Gasteiger partial charge is 0.252 e. The Morgan fingerprint density at radius 3 is 1.58 bits per heavy atom. The van der Waals surface area contributed by atoms with Crippen molar-refractivity contribution in [3.63, 3.8) is 0 Å². The number of hydrogen-bond donors (Lipinski definition) is 0. The summed E-state index contributed by atoms with van der Waals surface area (Å²) in [5.74, 6) is 1.07. The van der Waals surface area contributed by atoms with Crippen molar-refractivity contribution in [2.75, 3.05) is 61.0 Å². The van der Waals surface area contributed by atoms with Gasteiger partial charge in [0.05, 0.1) is 19.8 Å². The Bertz CT molecular complexity index is 476. The lowest BCUT2D eigenvalue weighted by molar-refractivity contribution is 0.107. The number of rotatable bonds is 13. The molecular weight excluding hydrogens is 340 g/mol. The summed E-state index contributed by atoms with van der Waals surface area (Å²) < 4.78 is 31.9. The fourth-order valence-corrected chi connectivity index (χ4v) is 1.85. The standard InChI is InChI=1S/C16H23ClO7/c1-19-4-7-22-13-10-12(16(17)18)11-14(23-8-5-20-2)15(13)24-9-6-21-3/h10-11H,4-9H2,1-3H3. The van der Waals surface area contributed by atoms with E-state index in [1.54, 1.807) is 21.3 Å². The summed E-state index contributed by atoms with van der Waals surface area (Å²) in [5, 5.41) is -0.619. The predicted molar refractivity (Wildman–Crippen MR) is 88.7 cm³/mol. The second-order valence-electron chi connectivity index (χ2n) is 4.60. The molecule has 0 saturated heterocycles. The average molecular weight is 363 g/mol. The molecule has 0 heterocycles. The van der Waals surface area contributed by atoms with Gasteiger partial charge in [-0.1, -0.05) is 0 Å². The molecule has 0 spiro atoms. The number of halogens is 1. The summed E-state index contributed by atoms with van der Waals surface area (Å²) in [6.45, 7) is 2.03. The maximum Gasteiger partial charge on any atom is 0.252 e. The van der Waals surface area contributed by atoms with Gasteiger partial charge < -0.3 is 28.4 Å². The van der Waals surface area contributed by atoms with Crippen LogP contribution in [0.5, 0.6) is 17.2 Å². The lowest BCUT2D eigenvalue weighted by Crippen LogP contribution is -2.12. The van der Waals surface area contributed by atoms with Crippen molar-refractivity contribution in [2.24, 2.45) is 0 Å². The number of ether oxygens (including phenoxy) is 6. The van der Waals surface area contributed by atoms with Crippen LogP contribution in [0.1, 0.15) is 10.4 Å². The quantitative estimate of drug-likeness (QED) is 0.393. The van der Waals surface area contributed by atoms with Crippen molar-refractivity contribution in [1.82, 2.24) is 0 Å². The number of benzene rings is 1. The summed E-state index contributed by atoms with van der Waals surface area (Å²) in [4.78, 5) is 11.5. The monoisotopic (exact) mass is 362 g/mol. The summed E-state index contributed by atoms with van der Waals surface area (Å²) in [5.41, 5.74) is 0.246. The van der Waals surface area contributed by atoms with Gasteiger partial charge in [0, 0.05) is 26.9 Å². The molecule has 0 aliphatic carbocycles. The first-order valence-corrected chi connectivity index (χ1v) is 7.74. The largest absolute Gasteiger partial charge is 0.487 e. The fourth-order valence-electron chi connectivity index (χ4n) is 1.74. The zero-order valence-electron chi connectivity index (χ0n) is 14.1. The lowest BCUT2D eigenvalue weighted by Gasteiger charge is -2.17. The molecule has 0 unspecified atom stereocenters. The average Bonchev–Trinajstić information content (AvgIpc) is 2.56. The number of carbonyl (C=O) groups excluding carboxylic acids is 1. The minimum absolute atomic E-state index is 0.246. The highest BCUT2D eigenvalue weighted by atomic mass is 35.5. The highest BCUT2D eigenvalue weighted by Gasteiger charge is 2.18. The van der Waals surface area contributed by atoms with Crippen LogP contribution in [0.4, 0.5) is 0 Å². The maximum absolute atomic E-state index is 11.5. The normalized spacial score (nSPS) is 10.5. The van der Waals surface area contributed by atoms with Crippen LogP contribution in [0, 0.1) is 0 Å². The van der Waals surface area contributed by atoms with Crippen molar-refractivity contribution in [1.29, 1.82) is 0 Å². The van der Waals surface area contributed by atoms with Crippen LogP contribution >= 0.6 is 11.6 Å². The summed E-state index contributed by atoms with van der Waals surface area (Å²) in [7, 11) is 4.71. The van der Waals surface area contributed by atoms with E-state index < -0.39 is 5.24 Å². The van der Waals surface area contributed by atoms with Gasteiger partial charge in [0.15, 0.2) is 11.5 Å². The molecule has 1 aromatic carbocycles. The Labute approximate surface area is 146 Å². The van der Waals surface area contributed by atoms with Gasteiger partial charge in [-0.05, 0) is 23.7 Å². The van der Waals surface area contributed by atoms with E-state index in [4.69, 9.17) is 40.0 Å². The van der Waals surface area contributed by atoms with E-state index >= 15 is 0 Å². The Balaban J connectivity index is 3.08. The van der Waals surface area contributed by atoms with Gasteiger partial charge in [-0.25, -0.2) is 0 Å². The third-order valence-electron chi connectivity index (χ3n) is 2.87. The van der Waals surface area contributed by atoms with Gasteiger partial charge in [-0.15, -0.1) is 0 Å². The van der Waals surface area contributed by atoms with E-state index in [0.717, 1.165) is 0 Å². The number of hydrogen-bond acceptors (Lipinski definition) is 7. The second-order valence-corrected chi connectivity index (χ2v) is 4.94. The molecule has 24 heavy (non-hydrogen) atoms. The van der Waals surface area contributed by atoms with Crippen molar-refractivity contribution in [2.45, 2.75) is 0 Å². The first-order chi connectivity index (χ1) is 11.6. The van der Waals surface area contributed by atoms with Crippen molar-refractivity contribution >= 4 is 16.8 Å². The summed E-state index contributed by atoms with van der Waals surface area (Å²) in [6.07, 6.45) is 0. The molecule has 1 aromatic rings. The highest BCUT2D eigenvalue weighted by molar-refractivity contribution is 6.67. The first-order valence-electron chi connectivity index (χ1n) is 7.37. The molecule has 0 N–H and O–H groups in total. The Morgan fingerprint density at radius 2 is 1.21 bits per heavy atom. The zero-order valence-corrected chi connectivity index (χ0v) is 14.9. The molecule has 0 aromatic heterocycles. The van der Waals surface area contributed by atoms with Crippen LogP contribution in [0.2, 0.25) is 0 Å². The molecule has 0 aliphatic rings. The molecule has 0 aliphatic heterocycles. The van der Waals surface area contributed by atoms with Crippen molar-refractivity contribution in [3.8, 4) is 17.2 Å². The predicted octanol–water partition coefficient (Wildman–Crippen LogP) is 2.14. The first kappa shape index (κ1) is 20.5. The van der Waals surface area contributed by atoms with Gasteiger partial charge in [0.25, 0.3) is 5.24 Å². The number of carbonyl (C=O) groups is 1. The van der Waals surface area contributed by atoms with Gasteiger partial charge in [0.1, 0.15) is 19.8 Å². The molecule has 7 nitrogen and oxygen atoms in total. The SMILES string of the molecule is COCCOc1cc(C(=O)Cl)cc(OCCOC)c1OCCOC. The second kappa shape index (κ2) is 11.9. The van der Waals surface area contributed by atoms with E-state index in [-0.39, 0.29) is 18.8 Å². The van der Waals surface area contributed by atoms with Crippen LogP contribution in [0.15, 0.2) is 12.1 Å². The molecule has 8 heteroatoms. The van der Waals surface area contributed by atoms with E-state index in [9.17, 15) is 4.79 Å². The van der Waals surface area contributed by atoms with Crippen LogP contribution in [-0.2, 0) is 14.2 Å². The molecule has 0 fully saturated rings. The summed E-state index contributed by atoms with van der Waals surface area (Å²) >= 11 is 5.59. The van der Waals surface area contributed by atoms with E-state index in [0.29, 0.717) is 43.7 Å². The van der Waals surface area contributed by atoms with E-state index in [1.807, 2.05) is 0 Å². The van der Waals surface area contributed by atoms with Crippen LogP contribution in [0.25, 0.3) is 0 Å². The van der Waals surface area contributed by atoms with Gasteiger partial charge in [-0.2, -0.15) is 0 Å². The van der Waals surface area contributed by atoms with Gasteiger partial charge in [0.2, 0.25) is 5.75 Å². The van der Waals surface area contributed by atoms with Gasteiger partial charge in [-0.3, -0.25) is 4.79 Å². The maximum atomic E-state index is 11.5. The molecule has 0 radical (unpaired) electrons. The summed E-state index contributed by atoms with van der Waals surface area (Å²) in [6, 6.07) is 3.02. The molecule has 136 valence electrons. The molecule has 0 saturated carbocycles. The fraction of sp³-hybridized carbons (Fsp3) is 0.562. The van der Waals surface area contributed by atoms with Crippen LogP contribution < -0.4 is 14.2 Å². The third-order valence-corrected chi connectivity index (χ3v) is 3.09. The lowest BCUT2D eigenvalue weighted by atomic mass is 10.2. The van der Waals surface area contributed by atoms with E-state index in [1.165, 1.54) is 12.1 Å². The Morgan fingerprint density at radius 1 is 0.792 bits per heavy atom. The Hall–Kier alpha value is -1.54. The van der Waals surface area contributed by atoms with Gasteiger partial charge >= 0.3 is 0 Å².